The molecule has 0 bridgehead atoms. The van der Waals surface area contributed by atoms with E-state index in [9.17, 15) is 13.0 Å². The molecule has 23 heavy (non-hydrogen) atoms. The zero-order valence-corrected chi connectivity index (χ0v) is 18.9. The molecule has 0 amide bonds. The largest absolute Gasteiger partial charge is 1.00 e. The minimum Gasteiger partial charge on any atom is -0.744 e. The van der Waals surface area contributed by atoms with E-state index in [0.717, 1.165) is 16.3 Å². The molecule has 10 heteroatoms. The van der Waals surface area contributed by atoms with Crippen LogP contribution in [0.5, 0.6) is 0 Å². The van der Waals surface area contributed by atoms with Gasteiger partial charge >= 0.3 is 69.7 Å². The first kappa shape index (κ1) is 25.5. The van der Waals surface area contributed by atoms with Gasteiger partial charge in [-0.3, -0.25) is 0 Å². The summed E-state index contributed by atoms with van der Waals surface area (Å²) in [5.74, 6) is 0.137. The third-order valence-corrected chi connectivity index (χ3v) is 3.50. The van der Waals surface area contributed by atoms with Crippen molar-refractivity contribution in [3.05, 3.63) is 42.0 Å². The van der Waals surface area contributed by atoms with Gasteiger partial charge in [-0.2, -0.15) is 0 Å². The Balaban J connectivity index is 0. The molecular formula is C13H12Na2O6S2. The molecular weight excluding hydrogens is 362 g/mol. The first-order chi connectivity index (χ1) is 9.62. The van der Waals surface area contributed by atoms with Gasteiger partial charge in [-0.15, -0.1) is 53.2 Å². The van der Waals surface area contributed by atoms with E-state index in [4.69, 9.17) is 12.6 Å². The second-order valence-electron chi connectivity index (χ2n) is 4.46. The molecule has 0 atom stereocenters. The van der Waals surface area contributed by atoms with E-state index >= 15 is 0 Å². The Morgan fingerprint density at radius 3 is 2.09 bits per heavy atom. The average Bonchev–Trinajstić information content (AvgIpc) is 2.35. The Kier molecular flexibility index (Phi) is 12.1. The Bertz CT molecular complexity index is 855. The number of rotatable bonds is 2. The van der Waals surface area contributed by atoms with Crippen LogP contribution >= 0.6 is 0 Å². The van der Waals surface area contributed by atoms with Crippen LogP contribution in [0, 0.1) is 6.07 Å². The van der Waals surface area contributed by atoms with E-state index in [0.29, 0.717) is 0 Å². The first-order valence-electron chi connectivity index (χ1n) is 5.80. The summed E-state index contributed by atoms with van der Waals surface area (Å²) in [6, 6.07) is 11.3. The zero-order chi connectivity index (χ0) is 16.2. The van der Waals surface area contributed by atoms with Gasteiger partial charge in [0.2, 0.25) is 0 Å². The smallest absolute Gasteiger partial charge is 0.744 e. The maximum atomic E-state index is 11.1. The second-order valence-corrected chi connectivity index (χ2v) is 6.25. The van der Waals surface area contributed by atoms with Crippen molar-refractivity contribution in [1.82, 2.24) is 0 Å². The molecule has 2 aromatic rings. The molecule has 0 unspecified atom stereocenters. The van der Waals surface area contributed by atoms with Crippen molar-refractivity contribution in [3.8, 4) is 0 Å². The van der Waals surface area contributed by atoms with Crippen molar-refractivity contribution in [2.24, 2.45) is 0 Å². The Hall–Kier alpha value is 0.230. The summed E-state index contributed by atoms with van der Waals surface area (Å²) in [7, 11) is -7.53. The van der Waals surface area contributed by atoms with Crippen molar-refractivity contribution in [1.29, 1.82) is 0 Å². The van der Waals surface area contributed by atoms with E-state index in [1.165, 1.54) is 12.1 Å². The summed E-state index contributed by atoms with van der Waals surface area (Å²) < 4.78 is 58.6. The van der Waals surface area contributed by atoms with Crippen LogP contribution in [0.25, 0.3) is 10.8 Å². The van der Waals surface area contributed by atoms with Gasteiger partial charge in [0.25, 0.3) is 0 Å². The summed E-state index contributed by atoms with van der Waals surface area (Å²) in [6.45, 7) is 3.91. The monoisotopic (exact) mass is 374 g/mol. The van der Waals surface area contributed by atoms with Crippen LogP contribution in [0.2, 0.25) is 0 Å². The molecule has 0 saturated heterocycles. The molecule has 114 valence electrons. The SMILES string of the molecule is CC(C)c1cc(S(=O)(=O)[O-])cc2ccc[c-]c12.O=S(=O)=O.[Na+].[Na+]. The van der Waals surface area contributed by atoms with E-state index in [2.05, 4.69) is 6.07 Å². The van der Waals surface area contributed by atoms with Crippen molar-refractivity contribution >= 4 is 31.5 Å². The van der Waals surface area contributed by atoms with Crippen LogP contribution in [0.1, 0.15) is 25.3 Å². The molecule has 0 saturated carbocycles. The molecule has 2 rings (SSSR count). The van der Waals surface area contributed by atoms with Gasteiger partial charge in [0.15, 0.2) is 0 Å². The number of fused-ring (bicyclic) bond motifs is 1. The van der Waals surface area contributed by atoms with Crippen LogP contribution in [0.4, 0.5) is 0 Å². The molecule has 0 aliphatic rings. The average molecular weight is 374 g/mol. The quantitative estimate of drug-likeness (QED) is 0.299. The Morgan fingerprint density at radius 1 is 1.13 bits per heavy atom. The first-order valence-corrected chi connectivity index (χ1v) is 8.20. The Morgan fingerprint density at radius 2 is 1.65 bits per heavy atom. The maximum Gasteiger partial charge on any atom is 1.00 e. The molecule has 0 aliphatic heterocycles. The summed E-state index contributed by atoms with van der Waals surface area (Å²) >= 11 is 0. The van der Waals surface area contributed by atoms with Crippen molar-refractivity contribution in [2.45, 2.75) is 24.7 Å². The molecule has 0 N–H and O–H groups in total. The molecule has 0 radical (unpaired) electrons. The Labute approximate surface area is 181 Å². The van der Waals surface area contributed by atoms with E-state index in [1.54, 1.807) is 18.2 Å². The topological polar surface area (TPSA) is 108 Å². The molecule has 6 nitrogen and oxygen atoms in total. The van der Waals surface area contributed by atoms with Crippen LogP contribution in [0.3, 0.4) is 0 Å². The van der Waals surface area contributed by atoms with Crippen LogP contribution in [-0.4, -0.2) is 25.6 Å². The van der Waals surface area contributed by atoms with Gasteiger partial charge in [-0.05, 0) is 0 Å². The van der Waals surface area contributed by atoms with E-state index in [1.807, 2.05) is 13.8 Å². The molecule has 0 fully saturated rings. The van der Waals surface area contributed by atoms with Gasteiger partial charge in [0.05, 0.1) is 0 Å². The fraction of sp³-hybridized carbons (Fsp3) is 0.231. The molecule has 0 aromatic heterocycles. The van der Waals surface area contributed by atoms with Crippen LogP contribution in [0.15, 0.2) is 35.2 Å². The van der Waals surface area contributed by atoms with Gasteiger partial charge in [0.1, 0.15) is 10.1 Å². The third kappa shape index (κ3) is 8.24. The van der Waals surface area contributed by atoms with Gasteiger partial charge in [0, 0.05) is 4.90 Å². The molecule has 0 heterocycles. The predicted molar refractivity (Wildman–Crippen MR) is 74.5 cm³/mol. The fourth-order valence-corrected chi connectivity index (χ4v) is 2.38. The predicted octanol–water partition coefficient (Wildman–Crippen LogP) is -4.33. The minimum atomic E-state index is -4.41. The zero-order valence-electron chi connectivity index (χ0n) is 13.2. The van der Waals surface area contributed by atoms with Gasteiger partial charge < -0.3 is 4.55 Å². The second kappa shape index (κ2) is 11.0. The van der Waals surface area contributed by atoms with Crippen molar-refractivity contribution < 1.29 is 84.7 Å². The molecule has 0 aliphatic carbocycles. The normalized spacial score (nSPS) is 10.1. The van der Waals surface area contributed by atoms with Gasteiger partial charge in [-0.25, -0.2) is 8.42 Å². The summed E-state index contributed by atoms with van der Waals surface area (Å²) in [5, 5.41) is 1.60. The third-order valence-electron chi connectivity index (χ3n) is 2.68. The maximum absolute atomic E-state index is 11.1. The standard InChI is InChI=1S/C13H13O3S.2Na.O3S/c1-9(2)13-8-11(17(14,15)16)7-10-5-3-4-6-12(10)13;;;1-4(2)3/h3-5,7-9H,1-2H3,(H,14,15,16);;;/q-1;2*+1;/p-1. The number of hydrogen-bond acceptors (Lipinski definition) is 6. The van der Waals surface area contributed by atoms with Crippen molar-refractivity contribution in [2.75, 3.05) is 0 Å². The van der Waals surface area contributed by atoms with Crippen molar-refractivity contribution in [3.63, 3.8) is 0 Å². The number of hydrogen-bond donors (Lipinski definition) is 0. The van der Waals surface area contributed by atoms with E-state index in [-0.39, 0.29) is 69.9 Å². The molecule has 0 spiro atoms. The van der Waals surface area contributed by atoms with E-state index < -0.39 is 20.7 Å². The fourth-order valence-electron chi connectivity index (χ4n) is 1.84. The summed E-state index contributed by atoms with van der Waals surface area (Å²) in [6.07, 6.45) is 0. The minimum absolute atomic E-state index is 0. The molecule has 2 aromatic carbocycles. The van der Waals surface area contributed by atoms with Crippen LogP contribution < -0.4 is 59.1 Å². The summed E-state index contributed by atoms with van der Waals surface area (Å²) in [5.41, 5.74) is 0.831. The van der Waals surface area contributed by atoms with Gasteiger partial charge in [-0.1, -0.05) is 31.9 Å². The summed E-state index contributed by atoms with van der Waals surface area (Å²) in [4.78, 5) is -0.173. The number of benzene rings is 2. The van der Waals surface area contributed by atoms with Crippen LogP contribution in [-0.2, 0) is 20.7 Å².